The first-order valence-electron chi connectivity index (χ1n) is 8.72. The van der Waals surface area contributed by atoms with Crippen molar-refractivity contribution in [2.45, 2.75) is 29.4 Å². The van der Waals surface area contributed by atoms with Crippen LogP contribution in [0.2, 0.25) is 0 Å². The molecule has 26 heavy (non-hydrogen) atoms. The Morgan fingerprint density at radius 2 is 1.73 bits per heavy atom. The topological polar surface area (TPSA) is 32.3 Å². The van der Waals surface area contributed by atoms with Crippen molar-refractivity contribution in [2.75, 3.05) is 25.0 Å². The largest absolute Gasteiger partial charge is 0.325 e. The smallest absolute Gasteiger partial charge is 0.288 e. The summed E-state index contributed by atoms with van der Waals surface area (Å²) in [7, 11) is 0. The number of likely N-dealkylation sites (tertiary alicyclic amines) is 1. The Bertz CT molecular complexity index is 702. The van der Waals surface area contributed by atoms with Gasteiger partial charge in [0.25, 0.3) is 5.76 Å². The number of hydrogen-bond donors (Lipinski definition) is 1. The average Bonchev–Trinajstić information content (AvgIpc) is 2.64. The molecule has 1 fully saturated rings. The first-order chi connectivity index (χ1) is 12.6. The predicted molar refractivity (Wildman–Crippen MR) is 102 cm³/mol. The van der Waals surface area contributed by atoms with Crippen molar-refractivity contribution < 1.29 is 13.6 Å². The summed E-state index contributed by atoms with van der Waals surface area (Å²) in [5.74, 6) is -1.94. The minimum Gasteiger partial charge on any atom is -0.325 e. The summed E-state index contributed by atoms with van der Waals surface area (Å²) in [6, 6.07) is 17.0. The Morgan fingerprint density at radius 1 is 1.08 bits per heavy atom. The quantitative estimate of drug-likeness (QED) is 0.734. The predicted octanol–water partition coefficient (Wildman–Crippen LogP) is 4.82. The van der Waals surface area contributed by atoms with Crippen molar-refractivity contribution >= 4 is 23.4 Å². The lowest BCUT2D eigenvalue weighted by molar-refractivity contribution is -0.117. The average molecular weight is 376 g/mol. The van der Waals surface area contributed by atoms with E-state index in [1.54, 1.807) is 24.3 Å². The number of amides is 1. The van der Waals surface area contributed by atoms with Crippen molar-refractivity contribution in [1.29, 1.82) is 0 Å². The van der Waals surface area contributed by atoms with Crippen molar-refractivity contribution in [3.8, 4) is 0 Å². The van der Waals surface area contributed by atoms with Crippen LogP contribution in [-0.4, -0.2) is 36.2 Å². The molecule has 3 rings (SSSR count). The van der Waals surface area contributed by atoms with Gasteiger partial charge in [-0.2, -0.15) is 8.78 Å². The number of rotatable bonds is 6. The van der Waals surface area contributed by atoms with Gasteiger partial charge < -0.3 is 5.32 Å². The highest BCUT2D eigenvalue weighted by Crippen LogP contribution is 2.28. The summed E-state index contributed by atoms with van der Waals surface area (Å²) >= 11 is 0.499. The lowest BCUT2D eigenvalue weighted by Gasteiger charge is -2.31. The third kappa shape index (κ3) is 5.54. The van der Waals surface area contributed by atoms with Gasteiger partial charge in [0.15, 0.2) is 0 Å². The Morgan fingerprint density at radius 3 is 2.35 bits per heavy atom. The van der Waals surface area contributed by atoms with E-state index in [0.29, 0.717) is 34.8 Å². The molecule has 1 amide bonds. The second-order valence-corrected chi connectivity index (χ2v) is 7.48. The Kier molecular flexibility index (Phi) is 6.63. The van der Waals surface area contributed by atoms with E-state index in [2.05, 4.69) is 34.5 Å². The second kappa shape index (κ2) is 9.14. The monoisotopic (exact) mass is 376 g/mol. The molecule has 0 saturated carbocycles. The molecule has 138 valence electrons. The highest BCUT2D eigenvalue weighted by Gasteiger charge is 2.21. The van der Waals surface area contributed by atoms with E-state index < -0.39 is 5.76 Å². The minimum absolute atomic E-state index is 0.0718. The van der Waals surface area contributed by atoms with Gasteiger partial charge in [0, 0.05) is 10.6 Å². The van der Waals surface area contributed by atoms with E-state index in [0.717, 1.165) is 25.9 Å². The number of piperidine rings is 1. The van der Waals surface area contributed by atoms with Crippen LogP contribution in [0.1, 0.15) is 24.3 Å². The summed E-state index contributed by atoms with van der Waals surface area (Å²) < 4.78 is 24.6. The number of carbonyl (C=O) groups excluding carboxylic acids is 1. The molecule has 0 radical (unpaired) electrons. The molecule has 1 aliphatic heterocycles. The molecule has 2 aromatic carbocycles. The summed E-state index contributed by atoms with van der Waals surface area (Å²) in [5.41, 5.74) is 2.01. The first kappa shape index (κ1) is 18.9. The molecule has 0 aromatic heterocycles. The number of alkyl halides is 2. The van der Waals surface area contributed by atoms with Gasteiger partial charge in [0.05, 0.1) is 6.54 Å². The van der Waals surface area contributed by atoms with Gasteiger partial charge >= 0.3 is 0 Å². The number of halogens is 2. The van der Waals surface area contributed by atoms with Crippen LogP contribution in [0.15, 0.2) is 59.5 Å². The number of thioether (sulfide) groups is 1. The van der Waals surface area contributed by atoms with E-state index in [-0.39, 0.29) is 5.91 Å². The summed E-state index contributed by atoms with van der Waals surface area (Å²) in [5, 5.41) is 2.84. The summed E-state index contributed by atoms with van der Waals surface area (Å²) in [4.78, 5) is 14.9. The molecular formula is C20H22F2N2OS. The van der Waals surface area contributed by atoms with Crippen LogP contribution < -0.4 is 5.32 Å². The molecule has 1 saturated heterocycles. The number of nitrogens with zero attached hydrogens (tertiary/aromatic N) is 1. The van der Waals surface area contributed by atoms with Crippen LogP contribution in [-0.2, 0) is 4.79 Å². The van der Waals surface area contributed by atoms with Gasteiger partial charge in [-0.25, -0.2) is 0 Å². The SMILES string of the molecule is O=C(CN1CCC(c2ccccc2)CC1)Nc1ccc(SC(F)F)cc1. The summed E-state index contributed by atoms with van der Waals surface area (Å²) in [6.45, 7) is 2.16. The molecule has 1 heterocycles. The molecule has 0 bridgehead atoms. The normalized spacial score (nSPS) is 16.0. The molecule has 0 aliphatic carbocycles. The number of benzene rings is 2. The molecule has 1 aliphatic rings. The second-order valence-electron chi connectivity index (χ2n) is 6.41. The standard InChI is InChI=1S/C20H22F2N2OS/c21-20(22)26-18-8-6-17(7-9-18)23-19(25)14-24-12-10-16(11-13-24)15-4-2-1-3-5-15/h1-9,16,20H,10-14H2,(H,23,25). The number of carbonyl (C=O) groups is 1. The van der Waals surface area contributed by atoms with Crippen molar-refractivity contribution in [2.24, 2.45) is 0 Å². The maximum atomic E-state index is 12.3. The van der Waals surface area contributed by atoms with Gasteiger partial charge in [-0.05, 0) is 61.7 Å². The van der Waals surface area contributed by atoms with E-state index in [1.807, 2.05) is 6.07 Å². The number of anilines is 1. The van der Waals surface area contributed by atoms with Gasteiger partial charge in [-0.3, -0.25) is 9.69 Å². The van der Waals surface area contributed by atoms with Gasteiger partial charge in [0.2, 0.25) is 5.91 Å². The zero-order chi connectivity index (χ0) is 18.4. The Labute approximate surface area is 156 Å². The van der Waals surface area contributed by atoms with Crippen molar-refractivity contribution in [3.63, 3.8) is 0 Å². The highest BCUT2D eigenvalue weighted by atomic mass is 32.2. The Balaban J connectivity index is 1.44. The molecule has 6 heteroatoms. The summed E-state index contributed by atoms with van der Waals surface area (Å²) in [6.07, 6.45) is 2.10. The lowest BCUT2D eigenvalue weighted by atomic mass is 9.89. The van der Waals surface area contributed by atoms with Crippen LogP contribution in [0.25, 0.3) is 0 Å². The van der Waals surface area contributed by atoms with E-state index in [4.69, 9.17) is 0 Å². The third-order valence-corrected chi connectivity index (χ3v) is 5.31. The molecular weight excluding hydrogens is 354 g/mol. The fourth-order valence-electron chi connectivity index (χ4n) is 3.27. The van der Waals surface area contributed by atoms with Gasteiger partial charge in [0.1, 0.15) is 0 Å². The van der Waals surface area contributed by atoms with Crippen LogP contribution in [0, 0.1) is 0 Å². The van der Waals surface area contributed by atoms with Crippen LogP contribution in [0.5, 0.6) is 0 Å². The molecule has 2 aromatic rings. The number of hydrogen-bond acceptors (Lipinski definition) is 3. The molecule has 3 nitrogen and oxygen atoms in total. The molecule has 0 spiro atoms. The lowest BCUT2D eigenvalue weighted by Crippen LogP contribution is -2.38. The van der Waals surface area contributed by atoms with E-state index in [9.17, 15) is 13.6 Å². The maximum absolute atomic E-state index is 12.3. The van der Waals surface area contributed by atoms with Crippen molar-refractivity contribution in [1.82, 2.24) is 4.90 Å². The molecule has 0 unspecified atom stereocenters. The zero-order valence-electron chi connectivity index (χ0n) is 14.4. The Hall–Kier alpha value is -1.92. The molecule has 0 atom stereocenters. The van der Waals surface area contributed by atoms with Crippen LogP contribution in [0.4, 0.5) is 14.5 Å². The maximum Gasteiger partial charge on any atom is 0.288 e. The zero-order valence-corrected chi connectivity index (χ0v) is 15.2. The minimum atomic E-state index is -2.44. The van der Waals surface area contributed by atoms with Crippen molar-refractivity contribution in [3.05, 3.63) is 60.2 Å². The fraction of sp³-hybridized carbons (Fsp3) is 0.350. The van der Waals surface area contributed by atoms with E-state index >= 15 is 0 Å². The third-order valence-electron chi connectivity index (χ3n) is 4.59. The fourth-order valence-corrected chi connectivity index (χ4v) is 3.77. The van der Waals surface area contributed by atoms with Crippen LogP contribution in [0.3, 0.4) is 0 Å². The number of nitrogens with one attached hydrogen (secondary N) is 1. The van der Waals surface area contributed by atoms with Gasteiger partial charge in [-0.15, -0.1) is 0 Å². The van der Waals surface area contributed by atoms with E-state index in [1.165, 1.54) is 5.56 Å². The van der Waals surface area contributed by atoms with Gasteiger partial charge in [-0.1, -0.05) is 42.1 Å². The first-order valence-corrected chi connectivity index (χ1v) is 9.60. The highest BCUT2D eigenvalue weighted by molar-refractivity contribution is 7.99. The van der Waals surface area contributed by atoms with Crippen LogP contribution >= 0.6 is 11.8 Å². The molecule has 1 N–H and O–H groups in total.